The first-order chi connectivity index (χ1) is 12.6. The largest absolute Gasteiger partial charge is 0.345 e. The quantitative estimate of drug-likeness (QED) is 0.882. The Kier molecular flexibility index (Phi) is 4.40. The highest BCUT2D eigenvalue weighted by Crippen LogP contribution is 2.39. The first kappa shape index (κ1) is 17.0. The van der Waals surface area contributed by atoms with E-state index in [4.69, 9.17) is 0 Å². The first-order valence-corrected chi connectivity index (χ1v) is 9.82. The number of nitrogens with one attached hydrogen (secondary N) is 1. The molecule has 2 saturated heterocycles. The molecule has 7 heteroatoms. The lowest BCUT2D eigenvalue weighted by atomic mass is 9.78. The van der Waals surface area contributed by atoms with Crippen LogP contribution in [0.2, 0.25) is 0 Å². The number of benzene rings is 1. The molecule has 2 aliphatic rings. The second-order valence-electron chi connectivity index (χ2n) is 7.16. The minimum absolute atomic E-state index is 0.135. The molecule has 0 saturated carbocycles. The smallest absolute Gasteiger partial charge is 0.321 e. The van der Waals surface area contributed by atoms with Gasteiger partial charge in [0.1, 0.15) is 0 Å². The summed E-state index contributed by atoms with van der Waals surface area (Å²) in [6.07, 6.45) is 2.64. The fourth-order valence-electron chi connectivity index (χ4n) is 3.97. The van der Waals surface area contributed by atoms with Gasteiger partial charge >= 0.3 is 6.03 Å². The van der Waals surface area contributed by atoms with Gasteiger partial charge in [-0.05, 0) is 31.4 Å². The fraction of sp³-hybridized carbons (Fsp3) is 0.421. The summed E-state index contributed by atoms with van der Waals surface area (Å²) in [6, 6.07) is 7.55. The lowest BCUT2D eigenvalue weighted by Gasteiger charge is -2.37. The lowest BCUT2D eigenvalue weighted by Crippen LogP contribution is -2.49. The zero-order valence-corrected chi connectivity index (χ0v) is 15.6. The van der Waals surface area contributed by atoms with Gasteiger partial charge in [0.25, 0.3) is 0 Å². The number of anilines is 1. The van der Waals surface area contributed by atoms with Crippen molar-refractivity contribution in [2.24, 2.45) is 5.41 Å². The van der Waals surface area contributed by atoms with Gasteiger partial charge in [0.15, 0.2) is 0 Å². The Hall–Kier alpha value is -2.41. The van der Waals surface area contributed by atoms with Crippen molar-refractivity contribution in [1.82, 2.24) is 14.8 Å². The molecule has 0 radical (unpaired) electrons. The van der Waals surface area contributed by atoms with Crippen molar-refractivity contribution < 1.29 is 9.59 Å². The van der Waals surface area contributed by atoms with Gasteiger partial charge in [-0.15, -0.1) is 11.3 Å². The van der Waals surface area contributed by atoms with Crippen molar-refractivity contribution >= 4 is 29.0 Å². The predicted octanol–water partition coefficient (Wildman–Crippen LogP) is 3.29. The van der Waals surface area contributed by atoms with Gasteiger partial charge in [-0.2, -0.15) is 0 Å². The number of urea groups is 1. The van der Waals surface area contributed by atoms with Gasteiger partial charge in [0.2, 0.25) is 5.91 Å². The summed E-state index contributed by atoms with van der Waals surface area (Å²) in [7, 11) is 1.86. The molecular formula is C19H22N4O2S. The van der Waals surface area contributed by atoms with E-state index in [2.05, 4.69) is 10.3 Å². The summed E-state index contributed by atoms with van der Waals surface area (Å²) in [6.45, 7) is 1.96. The number of amides is 3. The molecule has 1 spiro atoms. The molecule has 4 rings (SSSR count). The number of nitrogens with zero attached hydrogens (tertiary/aromatic N) is 3. The maximum absolute atomic E-state index is 12.6. The van der Waals surface area contributed by atoms with E-state index in [1.54, 1.807) is 21.7 Å². The number of hydrogen-bond donors (Lipinski definition) is 1. The monoisotopic (exact) mass is 370 g/mol. The third-order valence-corrected chi connectivity index (χ3v) is 6.04. The van der Waals surface area contributed by atoms with Crippen LogP contribution >= 0.6 is 11.3 Å². The van der Waals surface area contributed by atoms with Crippen LogP contribution in [0.15, 0.2) is 35.2 Å². The van der Waals surface area contributed by atoms with Crippen molar-refractivity contribution in [3.63, 3.8) is 0 Å². The average molecular weight is 370 g/mol. The van der Waals surface area contributed by atoms with Crippen molar-refractivity contribution in [3.05, 3.63) is 35.2 Å². The van der Waals surface area contributed by atoms with Gasteiger partial charge < -0.3 is 15.1 Å². The summed E-state index contributed by atoms with van der Waals surface area (Å²) in [5.41, 5.74) is 4.15. The number of piperidine rings is 1. The van der Waals surface area contributed by atoms with Crippen LogP contribution in [0.25, 0.3) is 11.3 Å². The maximum Gasteiger partial charge on any atom is 0.321 e. The van der Waals surface area contributed by atoms with Crippen LogP contribution in [0, 0.1) is 5.41 Å². The van der Waals surface area contributed by atoms with Crippen LogP contribution < -0.4 is 5.32 Å². The molecule has 0 bridgehead atoms. The third-order valence-electron chi connectivity index (χ3n) is 5.45. The number of rotatable bonds is 2. The molecule has 2 aliphatic heterocycles. The Balaban J connectivity index is 1.40. The fourth-order valence-corrected chi connectivity index (χ4v) is 4.54. The van der Waals surface area contributed by atoms with E-state index >= 15 is 0 Å². The van der Waals surface area contributed by atoms with Crippen molar-refractivity contribution in [3.8, 4) is 11.3 Å². The molecule has 2 fully saturated rings. The van der Waals surface area contributed by atoms with Crippen LogP contribution in [0.3, 0.4) is 0 Å². The first-order valence-electron chi connectivity index (χ1n) is 8.88. The molecule has 1 N–H and O–H groups in total. The lowest BCUT2D eigenvalue weighted by molar-refractivity contribution is -0.143. The van der Waals surface area contributed by atoms with Gasteiger partial charge in [0, 0.05) is 43.3 Å². The Morgan fingerprint density at radius 3 is 2.77 bits per heavy atom. The van der Waals surface area contributed by atoms with Crippen LogP contribution in [-0.4, -0.2) is 53.4 Å². The van der Waals surface area contributed by atoms with Gasteiger partial charge in [0.05, 0.1) is 16.6 Å². The van der Waals surface area contributed by atoms with E-state index in [1.165, 1.54) is 0 Å². The van der Waals surface area contributed by atoms with Crippen molar-refractivity contribution in [1.29, 1.82) is 0 Å². The summed E-state index contributed by atoms with van der Waals surface area (Å²) in [5.74, 6) is 0.187. The highest BCUT2D eigenvalue weighted by molar-refractivity contribution is 7.07. The SMILES string of the molecule is CN1CCCC2(CCN(C(=O)Nc3ccc(-c4cscn4)cc3)C2)C1=O. The summed E-state index contributed by atoms with van der Waals surface area (Å²) < 4.78 is 0. The Labute approximate surface area is 156 Å². The highest BCUT2D eigenvalue weighted by atomic mass is 32.1. The third kappa shape index (κ3) is 3.07. The number of carbonyl (C=O) groups is 2. The summed E-state index contributed by atoms with van der Waals surface area (Å²) in [4.78, 5) is 33.1. The Bertz CT molecular complexity index is 805. The van der Waals surface area contributed by atoms with E-state index in [-0.39, 0.29) is 17.4 Å². The second-order valence-corrected chi connectivity index (χ2v) is 7.88. The number of thiazole rings is 1. The number of hydrogen-bond acceptors (Lipinski definition) is 4. The predicted molar refractivity (Wildman–Crippen MR) is 102 cm³/mol. The molecule has 3 amide bonds. The standard InChI is InChI=1S/C19H22N4O2S/c1-22-9-2-7-19(17(22)24)8-10-23(12-19)18(25)21-15-5-3-14(4-6-15)16-11-26-13-20-16/h3-6,11,13H,2,7-10,12H2,1H3,(H,21,25). The molecule has 1 atom stereocenters. The molecule has 2 aromatic rings. The van der Waals surface area contributed by atoms with Crippen molar-refractivity contribution in [2.75, 3.05) is 32.0 Å². The molecule has 1 aromatic carbocycles. The van der Waals surface area contributed by atoms with E-state index < -0.39 is 0 Å². The minimum Gasteiger partial charge on any atom is -0.345 e. The Morgan fingerprint density at radius 1 is 1.23 bits per heavy atom. The molecule has 3 heterocycles. The average Bonchev–Trinajstić information content (AvgIpc) is 3.31. The summed E-state index contributed by atoms with van der Waals surface area (Å²) in [5, 5.41) is 4.94. The molecule has 1 unspecified atom stereocenters. The highest BCUT2D eigenvalue weighted by Gasteiger charge is 2.48. The number of carbonyl (C=O) groups excluding carboxylic acids is 2. The number of aromatic nitrogens is 1. The molecular weight excluding hydrogens is 348 g/mol. The molecule has 136 valence electrons. The topological polar surface area (TPSA) is 65.5 Å². The minimum atomic E-state index is -0.376. The molecule has 26 heavy (non-hydrogen) atoms. The van der Waals surface area contributed by atoms with E-state index in [0.717, 1.165) is 42.8 Å². The van der Waals surface area contributed by atoms with Crippen LogP contribution in [0.1, 0.15) is 19.3 Å². The molecule has 0 aliphatic carbocycles. The zero-order chi connectivity index (χ0) is 18.1. The van der Waals surface area contributed by atoms with Crippen molar-refractivity contribution in [2.45, 2.75) is 19.3 Å². The maximum atomic E-state index is 12.6. The zero-order valence-electron chi connectivity index (χ0n) is 14.8. The normalized spacial score (nSPS) is 22.9. The van der Waals surface area contributed by atoms with Crippen LogP contribution in [0.5, 0.6) is 0 Å². The van der Waals surface area contributed by atoms with E-state index in [9.17, 15) is 9.59 Å². The van der Waals surface area contributed by atoms with Gasteiger partial charge in [-0.1, -0.05) is 12.1 Å². The van der Waals surface area contributed by atoms with Gasteiger partial charge in [-0.3, -0.25) is 4.79 Å². The Morgan fingerprint density at radius 2 is 2.04 bits per heavy atom. The van der Waals surface area contributed by atoms with Crippen LogP contribution in [-0.2, 0) is 4.79 Å². The van der Waals surface area contributed by atoms with Gasteiger partial charge in [-0.25, -0.2) is 9.78 Å². The van der Waals surface area contributed by atoms with Crippen LogP contribution in [0.4, 0.5) is 10.5 Å². The second kappa shape index (κ2) is 6.72. The molecule has 6 nitrogen and oxygen atoms in total. The summed E-state index contributed by atoms with van der Waals surface area (Å²) >= 11 is 1.56. The van der Waals surface area contributed by atoms with E-state index in [0.29, 0.717) is 13.1 Å². The number of likely N-dealkylation sites (tertiary alicyclic amines) is 2. The molecule has 1 aromatic heterocycles. The van der Waals surface area contributed by atoms with E-state index in [1.807, 2.05) is 41.6 Å².